The Bertz CT molecular complexity index is 3610. The van der Waals surface area contributed by atoms with Crippen LogP contribution in [0.15, 0.2) is 189 Å². The van der Waals surface area contributed by atoms with Crippen molar-refractivity contribution in [1.29, 1.82) is 0 Å². The van der Waals surface area contributed by atoms with Gasteiger partial charge in [0.15, 0.2) is 0 Å². The van der Waals surface area contributed by atoms with E-state index in [0.29, 0.717) is 0 Å². The molecule has 0 bridgehead atoms. The van der Waals surface area contributed by atoms with Gasteiger partial charge in [-0.05, 0) is 137 Å². The Hall–Kier alpha value is -7.42. The molecule has 0 saturated carbocycles. The zero-order valence-corrected chi connectivity index (χ0v) is 37.9. The predicted octanol–water partition coefficient (Wildman–Crippen LogP) is 16.3. The van der Waals surface area contributed by atoms with Gasteiger partial charge in [-0.1, -0.05) is 180 Å². The third-order valence-electron chi connectivity index (χ3n) is 14.8. The summed E-state index contributed by atoms with van der Waals surface area (Å²) in [5, 5.41) is 7.24. The van der Waals surface area contributed by atoms with Crippen LogP contribution in [0.4, 0.5) is 0 Å². The van der Waals surface area contributed by atoms with Crippen molar-refractivity contribution in [3.63, 3.8) is 0 Å². The molecule has 12 rings (SSSR count). The van der Waals surface area contributed by atoms with Crippen molar-refractivity contribution in [3.05, 3.63) is 233 Å². The summed E-state index contributed by atoms with van der Waals surface area (Å²) >= 11 is 0. The Morgan fingerprint density at radius 3 is 1.65 bits per heavy atom. The fraction of sp³-hybridized carbons (Fsp3) is 0.143. The average Bonchev–Trinajstić information content (AvgIpc) is 3.74. The van der Waals surface area contributed by atoms with E-state index in [1.165, 1.54) is 88.1 Å². The van der Waals surface area contributed by atoms with Crippen molar-refractivity contribution in [2.45, 2.75) is 57.8 Å². The molecule has 0 amide bonds. The lowest BCUT2D eigenvalue weighted by atomic mass is 9.66. The van der Waals surface area contributed by atoms with Crippen LogP contribution in [-0.2, 0) is 16.2 Å². The van der Waals surface area contributed by atoms with Crippen LogP contribution in [0.5, 0.6) is 0 Å². The van der Waals surface area contributed by atoms with E-state index in [-0.39, 0.29) is 10.8 Å². The van der Waals surface area contributed by atoms with E-state index in [1.807, 2.05) is 12.4 Å². The van der Waals surface area contributed by atoms with Gasteiger partial charge in [-0.15, -0.1) is 0 Å². The van der Waals surface area contributed by atoms with Gasteiger partial charge >= 0.3 is 0 Å². The molecule has 65 heavy (non-hydrogen) atoms. The van der Waals surface area contributed by atoms with Crippen LogP contribution in [-0.4, -0.2) is 9.97 Å². The maximum absolute atomic E-state index is 5.06. The van der Waals surface area contributed by atoms with Crippen LogP contribution in [0.2, 0.25) is 0 Å². The second-order valence-electron chi connectivity index (χ2n) is 19.9. The lowest BCUT2D eigenvalue weighted by molar-refractivity contribution is 0.589. The fourth-order valence-electron chi connectivity index (χ4n) is 11.5. The van der Waals surface area contributed by atoms with E-state index in [0.717, 1.165) is 39.0 Å². The van der Waals surface area contributed by atoms with Crippen molar-refractivity contribution in [1.82, 2.24) is 9.97 Å². The van der Waals surface area contributed by atoms with Gasteiger partial charge in [0.2, 0.25) is 0 Å². The molecule has 312 valence electrons. The Morgan fingerprint density at radius 1 is 0.477 bits per heavy atom. The minimum Gasteiger partial charge on any atom is -0.256 e. The molecule has 2 aliphatic carbocycles. The molecule has 0 fully saturated rings. The highest BCUT2D eigenvalue weighted by atomic mass is 14.7. The first-order valence-corrected chi connectivity index (χ1v) is 22.9. The molecule has 1 unspecified atom stereocenters. The summed E-state index contributed by atoms with van der Waals surface area (Å²) in [4.78, 5) is 9.95. The number of fused-ring (bicyclic) bond motifs is 10. The SMILES string of the molecule is C=C(C)c1ccc(C2(c3ccc(C(C)(C)C)cc3)c3cc(-c4nccc5ccccc45)ccc3-c3cc4c(cc32)-c2ccc3cc(-c5nccc6ccccc56)ccc3c2C4(C)C)cc1. The second kappa shape index (κ2) is 14.0. The van der Waals surface area contributed by atoms with Gasteiger partial charge in [0, 0.05) is 39.7 Å². The highest BCUT2D eigenvalue weighted by Gasteiger charge is 2.49. The van der Waals surface area contributed by atoms with Gasteiger partial charge in [0.25, 0.3) is 0 Å². The van der Waals surface area contributed by atoms with Crippen LogP contribution in [0.1, 0.15) is 86.1 Å². The van der Waals surface area contributed by atoms with Crippen molar-refractivity contribution < 1.29 is 0 Å². The van der Waals surface area contributed by atoms with E-state index >= 15 is 0 Å². The van der Waals surface area contributed by atoms with E-state index in [4.69, 9.17) is 9.97 Å². The second-order valence-corrected chi connectivity index (χ2v) is 19.9. The molecule has 2 aromatic heterocycles. The topological polar surface area (TPSA) is 25.8 Å². The molecule has 2 nitrogen and oxygen atoms in total. The van der Waals surface area contributed by atoms with Gasteiger partial charge < -0.3 is 0 Å². The highest BCUT2D eigenvalue weighted by Crippen LogP contribution is 2.61. The summed E-state index contributed by atoms with van der Waals surface area (Å²) < 4.78 is 0. The first-order valence-electron chi connectivity index (χ1n) is 22.9. The lowest BCUT2D eigenvalue weighted by Crippen LogP contribution is -2.29. The lowest BCUT2D eigenvalue weighted by Gasteiger charge is -2.35. The Morgan fingerprint density at radius 2 is 1.02 bits per heavy atom. The minimum absolute atomic E-state index is 0.0125. The van der Waals surface area contributed by atoms with E-state index in [9.17, 15) is 0 Å². The van der Waals surface area contributed by atoms with Gasteiger partial charge in [-0.3, -0.25) is 9.97 Å². The average molecular weight is 835 g/mol. The maximum atomic E-state index is 5.06. The predicted molar refractivity (Wildman–Crippen MR) is 274 cm³/mol. The van der Waals surface area contributed by atoms with Crippen LogP contribution >= 0.6 is 0 Å². The molecule has 8 aromatic carbocycles. The molecule has 0 spiro atoms. The van der Waals surface area contributed by atoms with Crippen molar-refractivity contribution in [2.75, 3.05) is 0 Å². The van der Waals surface area contributed by atoms with E-state index in [2.05, 4.69) is 218 Å². The molecular formula is C63H50N2. The molecule has 2 heterocycles. The summed E-state index contributed by atoms with van der Waals surface area (Å²) in [6.07, 6.45) is 3.88. The van der Waals surface area contributed by atoms with Crippen LogP contribution in [0, 0.1) is 0 Å². The normalized spacial score (nSPS) is 15.8. The maximum Gasteiger partial charge on any atom is 0.0780 e. The number of nitrogens with zero attached hydrogens (tertiary/aromatic N) is 2. The molecule has 10 aromatic rings. The first kappa shape index (κ1) is 39.2. The molecule has 1 atom stereocenters. The van der Waals surface area contributed by atoms with Crippen molar-refractivity contribution >= 4 is 37.9 Å². The molecular weight excluding hydrogens is 785 g/mol. The summed E-state index contributed by atoms with van der Waals surface area (Å²) in [5.74, 6) is 0. The summed E-state index contributed by atoms with van der Waals surface area (Å²) in [7, 11) is 0. The number of allylic oxidation sites excluding steroid dienone is 1. The molecule has 0 saturated heterocycles. The van der Waals surface area contributed by atoms with Gasteiger partial charge in [-0.25, -0.2) is 0 Å². The summed E-state index contributed by atoms with van der Waals surface area (Å²) in [6, 6.07) is 64.0. The van der Waals surface area contributed by atoms with E-state index < -0.39 is 5.41 Å². The van der Waals surface area contributed by atoms with E-state index in [1.54, 1.807) is 0 Å². The first-order chi connectivity index (χ1) is 31.4. The summed E-state index contributed by atoms with van der Waals surface area (Å²) in [6.45, 7) is 18.1. The van der Waals surface area contributed by atoms with Crippen LogP contribution in [0.25, 0.3) is 82.7 Å². The third kappa shape index (κ3) is 5.73. The van der Waals surface area contributed by atoms with Crippen LogP contribution in [0.3, 0.4) is 0 Å². The Kier molecular flexibility index (Phi) is 8.46. The highest BCUT2D eigenvalue weighted by molar-refractivity contribution is 6.03. The molecule has 2 aliphatic rings. The smallest absolute Gasteiger partial charge is 0.0780 e. The van der Waals surface area contributed by atoms with Gasteiger partial charge in [0.05, 0.1) is 16.8 Å². The number of rotatable bonds is 5. The Balaban J connectivity index is 1.12. The number of aromatic nitrogens is 2. The largest absolute Gasteiger partial charge is 0.256 e. The fourth-order valence-corrected chi connectivity index (χ4v) is 11.5. The third-order valence-corrected chi connectivity index (χ3v) is 14.8. The molecule has 2 heteroatoms. The van der Waals surface area contributed by atoms with Crippen LogP contribution < -0.4 is 0 Å². The van der Waals surface area contributed by atoms with Crippen molar-refractivity contribution in [3.8, 4) is 44.8 Å². The standard InChI is InChI=1S/C63H50N2/c1-38(2)39-16-21-46(22-17-39)63(47-25-23-45(24-26-47)61(3,4)5)56-35-44(60-50-15-11-9-13-41(50)31-33-65-60)20-28-51(56)53-36-55-54(37-57(53)63)52-29-18-42-34-43(19-27-48(42)58(52)62(55,6)7)59-49-14-10-8-12-40(49)30-32-64-59/h8-37H,1H2,2-7H3. The number of hydrogen-bond donors (Lipinski definition) is 0. The zero-order chi connectivity index (χ0) is 44.4. The molecule has 0 aliphatic heterocycles. The summed E-state index contributed by atoms with van der Waals surface area (Å²) in [5.41, 5.74) is 19.9. The monoisotopic (exact) mass is 834 g/mol. The molecule has 0 radical (unpaired) electrons. The minimum atomic E-state index is -0.631. The van der Waals surface area contributed by atoms with Gasteiger partial charge in [0.1, 0.15) is 0 Å². The zero-order valence-electron chi connectivity index (χ0n) is 37.9. The number of pyridine rings is 2. The number of benzene rings is 8. The van der Waals surface area contributed by atoms with Crippen molar-refractivity contribution in [2.24, 2.45) is 0 Å². The number of hydrogen-bond acceptors (Lipinski definition) is 2. The quantitative estimate of drug-likeness (QED) is 0.173. The van der Waals surface area contributed by atoms with Gasteiger partial charge in [-0.2, -0.15) is 0 Å². The molecule has 0 N–H and O–H groups in total. The Labute approximate surface area is 382 Å².